The molecule has 0 radical (unpaired) electrons. The van der Waals surface area contributed by atoms with Crippen LogP contribution in [0.25, 0.3) is 0 Å². The largest absolute Gasteiger partial charge is 0.473 e. The van der Waals surface area contributed by atoms with Crippen LogP contribution in [-0.4, -0.2) is 16.1 Å². The Kier molecular flexibility index (Phi) is 2.71. The number of rotatable bonds is 3. The lowest BCUT2D eigenvalue weighted by Gasteiger charge is -2.38. The summed E-state index contributed by atoms with van der Waals surface area (Å²) in [6.45, 7) is 7.10. The minimum atomic E-state index is 0.226. The maximum absolute atomic E-state index is 6.12. The molecule has 1 aromatic rings. The Morgan fingerprint density at radius 1 is 1.37 bits per heavy atom. The van der Waals surface area contributed by atoms with Gasteiger partial charge in [0.15, 0.2) is 5.82 Å². The molecule has 104 valence electrons. The van der Waals surface area contributed by atoms with E-state index < -0.39 is 0 Å². The van der Waals surface area contributed by atoms with Gasteiger partial charge >= 0.3 is 0 Å². The SMILES string of the molecule is CC1(C)C2CCC1(C)C(Oc1cncc(NN)n1)C2. The van der Waals surface area contributed by atoms with Crippen molar-refractivity contribution in [3.05, 3.63) is 12.4 Å². The molecule has 3 atom stereocenters. The van der Waals surface area contributed by atoms with Gasteiger partial charge in [-0.15, -0.1) is 0 Å². The predicted molar refractivity (Wildman–Crippen MR) is 73.5 cm³/mol. The molecule has 2 bridgehead atoms. The van der Waals surface area contributed by atoms with E-state index in [1.165, 1.54) is 12.8 Å². The van der Waals surface area contributed by atoms with E-state index in [0.29, 0.717) is 17.1 Å². The van der Waals surface area contributed by atoms with Gasteiger partial charge in [-0.3, -0.25) is 4.98 Å². The molecule has 0 aromatic carbocycles. The fraction of sp³-hybridized carbons (Fsp3) is 0.714. The van der Waals surface area contributed by atoms with E-state index in [1.807, 2.05) is 0 Å². The lowest BCUT2D eigenvalue weighted by Crippen LogP contribution is -2.39. The van der Waals surface area contributed by atoms with Gasteiger partial charge in [-0.1, -0.05) is 20.8 Å². The van der Waals surface area contributed by atoms with Crippen molar-refractivity contribution in [2.75, 3.05) is 5.43 Å². The summed E-state index contributed by atoms with van der Waals surface area (Å²) in [4.78, 5) is 8.39. The predicted octanol–water partition coefficient (Wildman–Crippen LogP) is 2.36. The van der Waals surface area contributed by atoms with Crippen molar-refractivity contribution < 1.29 is 4.74 Å². The summed E-state index contributed by atoms with van der Waals surface area (Å²) in [6, 6.07) is 0. The summed E-state index contributed by atoms with van der Waals surface area (Å²) in [6.07, 6.45) is 7.13. The topological polar surface area (TPSA) is 73.1 Å². The van der Waals surface area contributed by atoms with Crippen LogP contribution in [-0.2, 0) is 0 Å². The number of anilines is 1. The Bertz CT molecular complexity index is 490. The first-order chi connectivity index (χ1) is 8.97. The summed E-state index contributed by atoms with van der Waals surface area (Å²) in [5, 5.41) is 0. The zero-order chi connectivity index (χ0) is 13.7. The highest BCUT2D eigenvalue weighted by atomic mass is 16.5. The quantitative estimate of drug-likeness (QED) is 0.646. The highest BCUT2D eigenvalue weighted by Crippen LogP contribution is 2.66. The van der Waals surface area contributed by atoms with E-state index >= 15 is 0 Å². The molecule has 5 heteroatoms. The van der Waals surface area contributed by atoms with Gasteiger partial charge in [0, 0.05) is 5.41 Å². The molecule has 2 aliphatic rings. The van der Waals surface area contributed by atoms with Crippen LogP contribution >= 0.6 is 0 Å². The normalized spacial score (nSPS) is 35.4. The molecule has 3 rings (SSSR count). The third-order valence-corrected chi connectivity index (χ3v) is 5.74. The number of hydrazine groups is 1. The summed E-state index contributed by atoms with van der Waals surface area (Å²) in [5.74, 6) is 7.20. The summed E-state index contributed by atoms with van der Waals surface area (Å²) in [5.41, 5.74) is 3.07. The summed E-state index contributed by atoms with van der Waals surface area (Å²) in [7, 11) is 0. The molecule has 2 fully saturated rings. The molecule has 1 heterocycles. The molecule has 3 unspecified atom stereocenters. The van der Waals surface area contributed by atoms with Crippen molar-refractivity contribution in [3.8, 4) is 5.88 Å². The zero-order valence-corrected chi connectivity index (χ0v) is 11.8. The van der Waals surface area contributed by atoms with E-state index in [1.54, 1.807) is 12.4 Å². The van der Waals surface area contributed by atoms with Crippen molar-refractivity contribution in [2.45, 2.75) is 46.1 Å². The molecule has 5 nitrogen and oxygen atoms in total. The third-order valence-electron chi connectivity index (χ3n) is 5.74. The number of hydrogen-bond donors (Lipinski definition) is 2. The van der Waals surface area contributed by atoms with Crippen LogP contribution in [0.2, 0.25) is 0 Å². The van der Waals surface area contributed by atoms with Crippen LogP contribution < -0.4 is 16.0 Å². The number of nitrogens with one attached hydrogen (secondary N) is 1. The van der Waals surface area contributed by atoms with Crippen molar-refractivity contribution in [1.29, 1.82) is 0 Å². The highest BCUT2D eigenvalue weighted by Gasteiger charge is 2.62. The second-order valence-corrected chi connectivity index (χ2v) is 6.60. The second kappa shape index (κ2) is 4.07. The number of fused-ring (bicyclic) bond motifs is 2. The molecular weight excluding hydrogens is 240 g/mol. The Labute approximate surface area is 113 Å². The maximum Gasteiger partial charge on any atom is 0.234 e. The van der Waals surface area contributed by atoms with E-state index in [9.17, 15) is 0 Å². The fourth-order valence-corrected chi connectivity index (χ4v) is 3.93. The lowest BCUT2D eigenvalue weighted by molar-refractivity contribution is 0.0271. The van der Waals surface area contributed by atoms with Gasteiger partial charge in [0.2, 0.25) is 5.88 Å². The molecule has 3 N–H and O–H groups in total. The molecule has 2 saturated carbocycles. The van der Waals surface area contributed by atoms with Crippen molar-refractivity contribution in [3.63, 3.8) is 0 Å². The average molecular weight is 262 g/mol. The smallest absolute Gasteiger partial charge is 0.234 e. The van der Waals surface area contributed by atoms with Crippen LogP contribution in [0.5, 0.6) is 5.88 Å². The molecule has 0 saturated heterocycles. The van der Waals surface area contributed by atoms with E-state index in [2.05, 4.69) is 36.2 Å². The van der Waals surface area contributed by atoms with Gasteiger partial charge in [-0.05, 0) is 30.6 Å². The first kappa shape index (κ1) is 12.7. The monoisotopic (exact) mass is 262 g/mol. The molecule has 2 aliphatic carbocycles. The van der Waals surface area contributed by atoms with Gasteiger partial charge in [-0.25, -0.2) is 5.84 Å². The Balaban J connectivity index is 1.82. The van der Waals surface area contributed by atoms with E-state index in [0.717, 1.165) is 12.3 Å². The van der Waals surface area contributed by atoms with Gasteiger partial charge in [0.25, 0.3) is 0 Å². The van der Waals surface area contributed by atoms with Crippen LogP contribution in [0.15, 0.2) is 12.4 Å². The Hall–Kier alpha value is -1.36. The minimum absolute atomic E-state index is 0.226. The van der Waals surface area contributed by atoms with Gasteiger partial charge in [-0.2, -0.15) is 4.98 Å². The molecule has 1 aromatic heterocycles. The van der Waals surface area contributed by atoms with Crippen molar-refractivity contribution in [2.24, 2.45) is 22.6 Å². The van der Waals surface area contributed by atoms with Crippen LogP contribution in [0.4, 0.5) is 5.82 Å². The van der Waals surface area contributed by atoms with Crippen molar-refractivity contribution in [1.82, 2.24) is 9.97 Å². The number of hydrogen-bond acceptors (Lipinski definition) is 5. The molecule has 0 amide bonds. The standard InChI is InChI=1S/C14H22N4O/c1-13(2)9-4-5-14(13,3)10(6-9)19-12-8-16-7-11(17-12)18-15/h7-10H,4-6,15H2,1-3H3,(H,17,18). The number of aromatic nitrogens is 2. The molecular formula is C14H22N4O. The zero-order valence-electron chi connectivity index (χ0n) is 11.8. The fourth-order valence-electron chi connectivity index (χ4n) is 3.93. The van der Waals surface area contributed by atoms with Gasteiger partial charge < -0.3 is 10.2 Å². The van der Waals surface area contributed by atoms with Gasteiger partial charge in [0.05, 0.1) is 12.4 Å². The number of nitrogens with two attached hydrogens (primary N) is 1. The summed E-state index contributed by atoms with van der Waals surface area (Å²) < 4.78 is 6.12. The van der Waals surface area contributed by atoms with Crippen LogP contribution in [0.3, 0.4) is 0 Å². The first-order valence-electron chi connectivity index (χ1n) is 6.93. The number of ether oxygens (including phenoxy) is 1. The number of nitrogens with zero attached hydrogens (tertiary/aromatic N) is 2. The Morgan fingerprint density at radius 2 is 2.16 bits per heavy atom. The number of nitrogen functional groups attached to an aromatic ring is 1. The van der Waals surface area contributed by atoms with E-state index in [-0.39, 0.29) is 11.5 Å². The Morgan fingerprint density at radius 3 is 2.74 bits per heavy atom. The maximum atomic E-state index is 6.12. The minimum Gasteiger partial charge on any atom is -0.473 e. The van der Waals surface area contributed by atoms with Gasteiger partial charge in [0.1, 0.15) is 6.10 Å². The summed E-state index contributed by atoms with van der Waals surface area (Å²) >= 11 is 0. The van der Waals surface area contributed by atoms with E-state index in [4.69, 9.17) is 10.6 Å². The first-order valence-corrected chi connectivity index (χ1v) is 6.93. The van der Waals surface area contributed by atoms with Crippen molar-refractivity contribution >= 4 is 5.82 Å². The average Bonchev–Trinajstić information content (AvgIpc) is 2.72. The highest BCUT2D eigenvalue weighted by molar-refractivity contribution is 5.31. The van der Waals surface area contributed by atoms with Crippen LogP contribution in [0.1, 0.15) is 40.0 Å². The second-order valence-electron chi connectivity index (χ2n) is 6.60. The molecule has 0 aliphatic heterocycles. The third kappa shape index (κ3) is 1.71. The van der Waals surface area contributed by atoms with Crippen LogP contribution in [0, 0.1) is 16.7 Å². The lowest BCUT2D eigenvalue weighted by atomic mass is 9.70. The molecule has 19 heavy (non-hydrogen) atoms. The molecule has 0 spiro atoms.